The average Bonchev–Trinajstić information content (AvgIpc) is 3.07. The summed E-state index contributed by atoms with van der Waals surface area (Å²) in [4.78, 5) is 52.4. The molecule has 0 unspecified atom stereocenters. The molecule has 8 nitrogen and oxygen atoms in total. The van der Waals surface area contributed by atoms with Crippen molar-refractivity contribution in [2.75, 3.05) is 26.0 Å². The van der Waals surface area contributed by atoms with Gasteiger partial charge in [-0.3, -0.25) is 14.4 Å². The SMILES string of the molecule is CCCOC(=O)c1ccc(OC(=O)CCCc2ccc(NC(=O)c3c(-c4ccccc4)cccc3C(F)(F)F)c(C(=O)N(C)C)c2)cc1. The van der Waals surface area contributed by atoms with Crippen LogP contribution in [-0.4, -0.2) is 49.4 Å². The van der Waals surface area contributed by atoms with Crippen LogP contribution < -0.4 is 10.1 Å². The Kier molecular flexibility index (Phi) is 11.7. The highest BCUT2D eigenvalue weighted by Crippen LogP contribution is 2.37. The molecule has 4 aromatic rings. The van der Waals surface area contributed by atoms with E-state index in [1.807, 2.05) is 6.92 Å². The van der Waals surface area contributed by atoms with Gasteiger partial charge < -0.3 is 19.7 Å². The molecule has 0 spiro atoms. The maximum absolute atomic E-state index is 14.1. The Bertz CT molecular complexity index is 1770. The number of halogens is 3. The second-order valence-corrected chi connectivity index (χ2v) is 11.1. The van der Waals surface area contributed by atoms with E-state index in [0.717, 1.165) is 6.07 Å². The van der Waals surface area contributed by atoms with Crippen LogP contribution in [0.2, 0.25) is 0 Å². The molecule has 48 heavy (non-hydrogen) atoms. The molecule has 0 heterocycles. The number of rotatable bonds is 12. The Balaban J connectivity index is 1.49. The number of carbonyl (C=O) groups excluding carboxylic acids is 4. The second kappa shape index (κ2) is 15.9. The lowest BCUT2D eigenvalue weighted by molar-refractivity contribution is -0.138. The lowest BCUT2D eigenvalue weighted by Gasteiger charge is -2.19. The predicted octanol–water partition coefficient (Wildman–Crippen LogP) is 7.82. The van der Waals surface area contributed by atoms with Crippen LogP contribution in [0.15, 0.2) is 91.0 Å². The van der Waals surface area contributed by atoms with Crippen molar-refractivity contribution in [3.05, 3.63) is 119 Å². The Labute approximate surface area is 276 Å². The number of benzene rings is 4. The van der Waals surface area contributed by atoms with E-state index < -0.39 is 41.1 Å². The summed E-state index contributed by atoms with van der Waals surface area (Å²) in [6.45, 7) is 2.20. The molecule has 0 saturated heterocycles. The van der Waals surface area contributed by atoms with Crippen molar-refractivity contribution < 1.29 is 41.8 Å². The number of nitrogens with one attached hydrogen (secondary N) is 1. The summed E-state index contributed by atoms with van der Waals surface area (Å²) in [5, 5.41) is 2.55. The molecule has 250 valence electrons. The first-order chi connectivity index (χ1) is 22.9. The molecular formula is C37H35F3N2O6. The van der Waals surface area contributed by atoms with Crippen molar-refractivity contribution in [2.45, 2.75) is 38.8 Å². The number of anilines is 1. The van der Waals surface area contributed by atoms with Crippen molar-refractivity contribution in [3.8, 4) is 16.9 Å². The molecule has 0 aliphatic carbocycles. The van der Waals surface area contributed by atoms with E-state index in [2.05, 4.69) is 5.32 Å². The molecule has 0 aromatic heterocycles. The van der Waals surface area contributed by atoms with Crippen LogP contribution in [0.3, 0.4) is 0 Å². The fraction of sp³-hybridized carbons (Fsp3) is 0.243. The molecule has 0 aliphatic heterocycles. The van der Waals surface area contributed by atoms with Crippen LogP contribution in [-0.2, 0) is 22.1 Å². The van der Waals surface area contributed by atoms with E-state index in [9.17, 15) is 32.3 Å². The first-order valence-corrected chi connectivity index (χ1v) is 15.3. The smallest absolute Gasteiger partial charge is 0.417 e. The molecule has 0 bridgehead atoms. The zero-order chi connectivity index (χ0) is 34.8. The zero-order valence-electron chi connectivity index (χ0n) is 26.7. The van der Waals surface area contributed by atoms with Gasteiger partial charge in [0.25, 0.3) is 11.8 Å². The van der Waals surface area contributed by atoms with E-state index >= 15 is 0 Å². The standard InChI is InChI=1S/C37H35F3N2O6/c1-4-22-47-36(46)26-17-19-27(20-18-26)48-32(43)15-8-10-24-16-21-31(29(23-24)35(45)42(2)3)41-34(44)33-28(25-11-6-5-7-12-25)13-9-14-30(33)37(38,39)40/h5-7,9,11-14,16-21,23H,4,8,10,15,22H2,1-3H3,(H,41,44). The van der Waals surface area contributed by atoms with Crippen molar-refractivity contribution in [1.82, 2.24) is 4.90 Å². The summed E-state index contributed by atoms with van der Waals surface area (Å²) in [6.07, 6.45) is -3.33. The number of alkyl halides is 3. The van der Waals surface area contributed by atoms with Crippen LogP contribution in [0, 0.1) is 0 Å². The number of amides is 2. The molecule has 2 amide bonds. The average molecular weight is 661 g/mol. The zero-order valence-corrected chi connectivity index (χ0v) is 26.7. The molecule has 11 heteroatoms. The first kappa shape index (κ1) is 35.4. The van der Waals surface area contributed by atoms with Crippen molar-refractivity contribution >= 4 is 29.4 Å². The fourth-order valence-electron chi connectivity index (χ4n) is 4.91. The van der Waals surface area contributed by atoms with E-state index in [1.165, 1.54) is 61.5 Å². The third kappa shape index (κ3) is 9.09. The van der Waals surface area contributed by atoms with Crippen LogP contribution in [0.1, 0.15) is 68.4 Å². The lowest BCUT2D eigenvalue weighted by Crippen LogP contribution is -2.25. The summed E-state index contributed by atoms with van der Waals surface area (Å²) in [5.74, 6) is -2.18. The predicted molar refractivity (Wildman–Crippen MR) is 175 cm³/mol. The molecule has 1 N–H and O–H groups in total. The molecule has 4 rings (SSSR count). The van der Waals surface area contributed by atoms with Gasteiger partial charge in [0.05, 0.1) is 34.5 Å². The quantitative estimate of drug-likeness (QED) is 0.123. The summed E-state index contributed by atoms with van der Waals surface area (Å²) in [5.41, 5.74) is -0.0112. The molecule has 4 aromatic carbocycles. The van der Waals surface area contributed by atoms with Crippen molar-refractivity contribution in [2.24, 2.45) is 0 Å². The van der Waals surface area contributed by atoms with Gasteiger partial charge >= 0.3 is 18.1 Å². The molecule has 0 radical (unpaired) electrons. The van der Waals surface area contributed by atoms with Gasteiger partial charge in [0, 0.05) is 20.5 Å². The molecule has 0 fully saturated rings. The minimum Gasteiger partial charge on any atom is -0.462 e. The normalized spacial score (nSPS) is 11.0. The van der Waals surface area contributed by atoms with E-state index in [0.29, 0.717) is 42.6 Å². The van der Waals surface area contributed by atoms with Crippen LogP contribution >= 0.6 is 0 Å². The molecular weight excluding hydrogens is 625 g/mol. The van der Waals surface area contributed by atoms with Gasteiger partial charge in [0.1, 0.15) is 5.75 Å². The van der Waals surface area contributed by atoms with Crippen LogP contribution in [0.4, 0.5) is 18.9 Å². The minimum absolute atomic E-state index is 0.0415. The highest BCUT2D eigenvalue weighted by Gasteiger charge is 2.37. The maximum atomic E-state index is 14.1. The summed E-state index contributed by atoms with van der Waals surface area (Å²) in [7, 11) is 3.04. The number of esters is 2. The summed E-state index contributed by atoms with van der Waals surface area (Å²) in [6, 6.07) is 22.5. The maximum Gasteiger partial charge on any atom is 0.417 e. The first-order valence-electron chi connectivity index (χ1n) is 15.3. The van der Waals surface area contributed by atoms with Crippen LogP contribution in [0.25, 0.3) is 11.1 Å². The minimum atomic E-state index is -4.81. The Morgan fingerprint density at radius 2 is 1.56 bits per heavy atom. The van der Waals surface area contributed by atoms with Gasteiger partial charge in [-0.1, -0.05) is 55.5 Å². The number of hydrogen-bond donors (Lipinski definition) is 1. The van der Waals surface area contributed by atoms with E-state index in [-0.39, 0.29) is 29.0 Å². The molecule has 0 aliphatic rings. The third-order valence-corrected chi connectivity index (χ3v) is 7.26. The number of nitrogens with zero attached hydrogens (tertiary/aromatic N) is 1. The van der Waals surface area contributed by atoms with Gasteiger partial charge in [-0.15, -0.1) is 0 Å². The lowest BCUT2D eigenvalue weighted by atomic mass is 9.94. The number of hydrogen-bond acceptors (Lipinski definition) is 6. The topological polar surface area (TPSA) is 102 Å². The van der Waals surface area contributed by atoms with Gasteiger partial charge in [0.15, 0.2) is 0 Å². The van der Waals surface area contributed by atoms with Gasteiger partial charge in [-0.05, 0) is 78.4 Å². The highest BCUT2D eigenvalue weighted by molar-refractivity contribution is 6.12. The van der Waals surface area contributed by atoms with Crippen molar-refractivity contribution in [1.29, 1.82) is 0 Å². The summed E-state index contributed by atoms with van der Waals surface area (Å²) < 4.78 is 52.7. The highest BCUT2D eigenvalue weighted by atomic mass is 19.4. The van der Waals surface area contributed by atoms with Crippen LogP contribution in [0.5, 0.6) is 5.75 Å². The number of carbonyl (C=O) groups is 4. The second-order valence-electron chi connectivity index (χ2n) is 11.1. The molecule has 0 atom stereocenters. The monoisotopic (exact) mass is 660 g/mol. The fourth-order valence-corrected chi connectivity index (χ4v) is 4.91. The molecule has 0 saturated carbocycles. The van der Waals surface area contributed by atoms with Gasteiger partial charge in [-0.25, -0.2) is 4.79 Å². The third-order valence-electron chi connectivity index (χ3n) is 7.26. The largest absolute Gasteiger partial charge is 0.462 e. The number of aryl methyl sites for hydroxylation is 1. The van der Waals surface area contributed by atoms with Crippen molar-refractivity contribution in [3.63, 3.8) is 0 Å². The number of ether oxygens (including phenoxy) is 2. The van der Waals surface area contributed by atoms with Gasteiger partial charge in [-0.2, -0.15) is 13.2 Å². The van der Waals surface area contributed by atoms with E-state index in [4.69, 9.17) is 9.47 Å². The Morgan fingerprint density at radius 1 is 0.854 bits per heavy atom. The van der Waals surface area contributed by atoms with E-state index in [1.54, 1.807) is 42.5 Å². The summed E-state index contributed by atoms with van der Waals surface area (Å²) >= 11 is 0. The Hall–Kier alpha value is -5.45. The Morgan fingerprint density at radius 3 is 2.21 bits per heavy atom. The van der Waals surface area contributed by atoms with Gasteiger partial charge in [0.2, 0.25) is 0 Å².